The topological polar surface area (TPSA) is 15.3 Å². The minimum absolute atomic E-state index is 0.203. The van der Waals surface area contributed by atoms with Gasteiger partial charge in [0.2, 0.25) is 0 Å². The first-order valence-electron chi connectivity index (χ1n) is 6.46. The first-order valence-corrected chi connectivity index (χ1v) is 7.25. The van der Waals surface area contributed by atoms with Gasteiger partial charge in [-0.25, -0.2) is 4.39 Å². The van der Waals surface area contributed by atoms with Gasteiger partial charge in [0, 0.05) is 12.1 Å². The summed E-state index contributed by atoms with van der Waals surface area (Å²) in [6.07, 6.45) is 2.37. The van der Waals surface area contributed by atoms with Crippen LogP contribution in [-0.2, 0) is 0 Å². The Hall–Kier alpha value is -0.450. The van der Waals surface area contributed by atoms with Crippen LogP contribution in [0, 0.1) is 5.82 Å². The summed E-state index contributed by atoms with van der Waals surface area (Å²) in [5, 5.41) is 3.63. The molecule has 0 spiro atoms. The number of hydrogen-bond acceptors (Lipinski definition) is 2. The summed E-state index contributed by atoms with van der Waals surface area (Å²) >= 11 is 3.24. The maximum atomic E-state index is 13.2. The van der Waals surface area contributed by atoms with Gasteiger partial charge in [0.15, 0.2) is 0 Å². The predicted molar refractivity (Wildman–Crippen MR) is 76.2 cm³/mol. The Labute approximate surface area is 117 Å². The van der Waals surface area contributed by atoms with Crippen molar-refractivity contribution in [3.63, 3.8) is 0 Å². The van der Waals surface area contributed by atoms with Crippen molar-refractivity contribution in [2.24, 2.45) is 0 Å². The normalized spacial score (nSPS) is 20.0. The van der Waals surface area contributed by atoms with E-state index in [1.54, 1.807) is 0 Å². The van der Waals surface area contributed by atoms with Gasteiger partial charge >= 0.3 is 0 Å². The Morgan fingerprint density at radius 2 is 2.06 bits per heavy atom. The van der Waals surface area contributed by atoms with E-state index in [1.807, 2.05) is 12.1 Å². The van der Waals surface area contributed by atoms with E-state index in [9.17, 15) is 4.39 Å². The van der Waals surface area contributed by atoms with Crippen LogP contribution in [0.15, 0.2) is 22.7 Å². The average Bonchev–Trinajstić information content (AvgIpc) is 2.35. The lowest BCUT2D eigenvalue weighted by atomic mass is 10.0. The first-order chi connectivity index (χ1) is 8.56. The molecule has 1 heterocycles. The SMILES string of the molecule is CC(NC1CCN(C)CC1)c1ccc(F)c(Br)c1. The van der Waals surface area contributed by atoms with Gasteiger partial charge in [-0.1, -0.05) is 6.07 Å². The van der Waals surface area contributed by atoms with Crippen LogP contribution in [-0.4, -0.2) is 31.1 Å². The van der Waals surface area contributed by atoms with Crippen molar-refractivity contribution in [1.82, 2.24) is 10.2 Å². The molecule has 1 unspecified atom stereocenters. The van der Waals surface area contributed by atoms with Crippen LogP contribution in [0.3, 0.4) is 0 Å². The predicted octanol–water partition coefficient (Wildman–Crippen LogP) is 3.33. The second-order valence-corrected chi connectivity index (χ2v) is 5.99. The van der Waals surface area contributed by atoms with Crippen LogP contribution in [0.2, 0.25) is 0 Å². The molecule has 18 heavy (non-hydrogen) atoms. The van der Waals surface area contributed by atoms with Gasteiger partial charge in [-0.2, -0.15) is 0 Å². The molecule has 1 aliphatic heterocycles. The largest absolute Gasteiger partial charge is 0.307 e. The number of hydrogen-bond donors (Lipinski definition) is 1. The van der Waals surface area contributed by atoms with Crippen molar-refractivity contribution in [3.05, 3.63) is 34.1 Å². The third kappa shape index (κ3) is 3.53. The lowest BCUT2D eigenvalue weighted by Gasteiger charge is -2.31. The number of benzene rings is 1. The van der Waals surface area contributed by atoms with Crippen molar-refractivity contribution in [1.29, 1.82) is 0 Å². The van der Waals surface area contributed by atoms with Crippen LogP contribution >= 0.6 is 15.9 Å². The van der Waals surface area contributed by atoms with Gasteiger partial charge < -0.3 is 10.2 Å². The maximum absolute atomic E-state index is 13.2. The third-order valence-electron chi connectivity index (χ3n) is 3.65. The van der Waals surface area contributed by atoms with Gasteiger partial charge in [0.25, 0.3) is 0 Å². The monoisotopic (exact) mass is 314 g/mol. The Morgan fingerprint density at radius 3 is 2.67 bits per heavy atom. The van der Waals surface area contributed by atoms with E-state index < -0.39 is 0 Å². The summed E-state index contributed by atoms with van der Waals surface area (Å²) in [4.78, 5) is 2.36. The molecule has 1 aliphatic rings. The van der Waals surface area contributed by atoms with E-state index in [-0.39, 0.29) is 11.9 Å². The van der Waals surface area contributed by atoms with Crippen LogP contribution in [0.5, 0.6) is 0 Å². The van der Waals surface area contributed by atoms with Gasteiger partial charge in [0.1, 0.15) is 5.82 Å². The zero-order valence-electron chi connectivity index (χ0n) is 10.9. The first kappa shape index (κ1) is 14.0. The molecule has 0 radical (unpaired) electrons. The summed E-state index contributed by atoms with van der Waals surface area (Å²) in [7, 11) is 2.16. The Kier molecular flexibility index (Phi) is 4.76. The molecule has 4 heteroatoms. The van der Waals surface area contributed by atoms with Crippen molar-refractivity contribution >= 4 is 15.9 Å². The van der Waals surface area contributed by atoms with Gasteiger partial charge in [-0.3, -0.25) is 0 Å². The van der Waals surface area contributed by atoms with Crippen molar-refractivity contribution in [3.8, 4) is 0 Å². The summed E-state index contributed by atoms with van der Waals surface area (Å²) in [5.41, 5.74) is 1.13. The molecule has 0 saturated carbocycles. The number of nitrogens with zero attached hydrogens (tertiary/aromatic N) is 1. The van der Waals surface area contributed by atoms with E-state index in [2.05, 4.69) is 40.1 Å². The Morgan fingerprint density at radius 1 is 1.39 bits per heavy atom. The second-order valence-electron chi connectivity index (χ2n) is 5.14. The highest BCUT2D eigenvalue weighted by molar-refractivity contribution is 9.10. The summed E-state index contributed by atoms with van der Waals surface area (Å²) in [6.45, 7) is 4.44. The Bertz CT molecular complexity index is 403. The molecule has 0 aliphatic carbocycles. The van der Waals surface area contributed by atoms with Crippen LogP contribution in [0.4, 0.5) is 4.39 Å². The molecule has 1 aromatic carbocycles. The molecule has 1 atom stereocenters. The second kappa shape index (κ2) is 6.13. The van der Waals surface area contributed by atoms with Crippen molar-refractivity contribution < 1.29 is 4.39 Å². The molecule has 0 bridgehead atoms. The van der Waals surface area contributed by atoms with Crippen molar-refractivity contribution in [2.75, 3.05) is 20.1 Å². The third-order valence-corrected chi connectivity index (χ3v) is 4.26. The summed E-state index contributed by atoms with van der Waals surface area (Å²) < 4.78 is 13.7. The van der Waals surface area contributed by atoms with Crippen LogP contribution in [0.1, 0.15) is 31.4 Å². The van der Waals surface area contributed by atoms with E-state index in [4.69, 9.17) is 0 Å². The summed E-state index contributed by atoms with van der Waals surface area (Å²) in [5.74, 6) is -0.203. The zero-order chi connectivity index (χ0) is 13.1. The lowest BCUT2D eigenvalue weighted by molar-refractivity contribution is 0.226. The highest BCUT2D eigenvalue weighted by Crippen LogP contribution is 2.22. The number of halogens is 2. The van der Waals surface area contributed by atoms with Crippen LogP contribution in [0.25, 0.3) is 0 Å². The van der Waals surface area contributed by atoms with E-state index in [1.165, 1.54) is 18.9 Å². The fourth-order valence-corrected chi connectivity index (χ4v) is 2.80. The fraction of sp³-hybridized carbons (Fsp3) is 0.571. The molecule has 2 rings (SSSR count). The molecule has 1 saturated heterocycles. The molecule has 1 aromatic rings. The molecular weight excluding hydrogens is 295 g/mol. The molecular formula is C14H20BrFN2. The number of piperidine rings is 1. The number of likely N-dealkylation sites (tertiary alicyclic amines) is 1. The van der Waals surface area contributed by atoms with Gasteiger partial charge in [-0.05, 0) is 73.5 Å². The average molecular weight is 315 g/mol. The number of nitrogens with one attached hydrogen (secondary N) is 1. The van der Waals surface area contributed by atoms with Gasteiger partial charge in [-0.15, -0.1) is 0 Å². The minimum atomic E-state index is -0.203. The maximum Gasteiger partial charge on any atom is 0.137 e. The zero-order valence-corrected chi connectivity index (χ0v) is 12.5. The van der Waals surface area contributed by atoms with E-state index >= 15 is 0 Å². The fourth-order valence-electron chi connectivity index (χ4n) is 2.41. The molecule has 0 amide bonds. The molecule has 1 N–H and O–H groups in total. The standard InChI is InChI=1S/C14H20BrFN2/c1-10(11-3-4-14(16)13(15)9-11)17-12-5-7-18(2)8-6-12/h3-4,9-10,12,17H,5-8H2,1-2H3. The molecule has 1 fully saturated rings. The minimum Gasteiger partial charge on any atom is -0.307 e. The number of rotatable bonds is 3. The van der Waals surface area contributed by atoms with Crippen molar-refractivity contribution in [2.45, 2.75) is 31.8 Å². The smallest absolute Gasteiger partial charge is 0.137 e. The quantitative estimate of drug-likeness (QED) is 0.920. The van der Waals surface area contributed by atoms with E-state index in [0.717, 1.165) is 18.7 Å². The highest BCUT2D eigenvalue weighted by Gasteiger charge is 2.19. The van der Waals surface area contributed by atoms with Gasteiger partial charge in [0.05, 0.1) is 4.47 Å². The lowest BCUT2D eigenvalue weighted by Crippen LogP contribution is -2.41. The summed E-state index contributed by atoms with van der Waals surface area (Å²) in [6, 6.07) is 6.07. The molecule has 0 aromatic heterocycles. The van der Waals surface area contributed by atoms with Crippen LogP contribution < -0.4 is 5.32 Å². The Balaban J connectivity index is 1.94. The highest BCUT2D eigenvalue weighted by atomic mass is 79.9. The molecule has 2 nitrogen and oxygen atoms in total. The molecule has 100 valence electrons. The van der Waals surface area contributed by atoms with E-state index in [0.29, 0.717) is 10.5 Å².